The molecule has 1 fully saturated rings. The first-order chi connectivity index (χ1) is 9.19. The Kier molecular flexibility index (Phi) is 5.22. The summed E-state index contributed by atoms with van der Waals surface area (Å²) < 4.78 is 6.34. The monoisotopic (exact) mass is 327 g/mol. The van der Waals surface area contributed by atoms with E-state index < -0.39 is 0 Å². The van der Waals surface area contributed by atoms with Crippen molar-refractivity contribution < 1.29 is 14.6 Å². The van der Waals surface area contributed by atoms with Gasteiger partial charge in [-0.1, -0.05) is 28.4 Å². The summed E-state index contributed by atoms with van der Waals surface area (Å²) in [5.74, 6) is 0.717. The van der Waals surface area contributed by atoms with Crippen molar-refractivity contribution in [3.8, 4) is 5.75 Å². The number of carbonyl (C=O) groups is 1. The molecule has 1 amide bonds. The third kappa shape index (κ3) is 4.21. The number of nitrogens with one attached hydrogen (secondary N) is 1. The third-order valence-electron chi connectivity index (χ3n) is 3.41. The standard InChI is InChI=1S/C14H18BrNO3/c15-11-4-2-5-12(7-11)19-9-14(18)16-13-6-1-3-10(13)8-17/h2,4-5,7,10,13,17H,1,3,6,8-9H2,(H,16,18). The van der Waals surface area contributed by atoms with E-state index >= 15 is 0 Å². The second-order valence-electron chi connectivity index (χ2n) is 4.79. The minimum atomic E-state index is -0.134. The molecule has 5 heteroatoms. The van der Waals surface area contributed by atoms with E-state index in [9.17, 15) is 9.90 Å². The molecule has 0 saturated heterocycles. The second-order valence-corrected chi connectivity index (χ2v) is 5.71. The molecular formula is C14H18BrNO3. The lowest BCUT2D eigenvalue weighted by atomic mass is 10.1. The molecule has 1 aliphatic carbocycles. The molecule has 1 aliphatic rings. The highest BCUT2D eigenvalue weighted by Gasteiger charge is 2.27. The number of rotatable bonds is 5. The van der Waals surface area contributed by atoms with Crippen LogP contribution in [0.4, 0.5) is 0 Å². The zero-order valence-electron chi connectivity index (χ0n) is 10.6. The predicted molar refractivity (Wildman–Crippen MR) is 76.0 cm³/mol. The Morgan fingerprint density at radius 2 is 2.32 bits per heavy atom. The maximum atomic E-state index is 11.8. The van der Waals surface area contributed by atoms with Crippen molar-refractivity contribution in [3.63, 3.8) is 0 Å². The Morgan fingerprint density at radius 3 is 3.05 bits per heavy atom. The van der Waals surface area contributed by atoms with E-state index in [-0.39, 0.29) is 31.1 Å². The molecule has 2 N–H and O–H groups in total. The average Bonchev–Trinajstić information content (AvgIpc) is 2.84. The molecule has 0 spiro atoms. The lowest BCUT2D eigenvalue weighted by Crippen LogP contribution is -2.40. The van der Waals surface area contributed by atoms with E-state index in [0.29, 0.717) is 5.75 Å². The molecule has 2 unspecified atom stereocenters. The Balaban J connectivity index is 1.78. The number of hydrogen-bond acceptors (Lipinski definition) is 3. The second kappa shape index (κ2) is 6.91. The van der Waals surface area contributed by atoms with Crippen LogP contribution < -0.4 is 10.1 Å². The van der Waals surface area contributed by atoms with Crippen molar-refractivity contribution >= 4 is 21.8 Å². The fourth-order valence-electron chi connectivity index (χ4n) is 2.40. The molecule has 0 heterocycles. The predicted octanol–water partition coefficient (Wildman–Crippen LogP) is 2.11. The number of carbonyl (C=O) groups excluding carboxylic acids is 1. The van der Waals surface area contributed by atoms with Crippen molar-refractivity contribution in [1.29, 1.82) is 0 Å². The summed E-state index contributed by atoms with van der Waals surface area (Å²) in [6.45, 7) is 0.141. The van der Waals surface area contributed by atoms with Gasteiger partial charge in [-0.3, -0.25) is 4.79 Å². The van der Waals surface area contributed by atoms with Gasteiger partial charge < -0.3 is 15.2 Å². The van der Waals surface area contributed by atoms with Crippen molar-refractivity contribution in [3.05, 3.63) is 28.7 Å². The van der Waals surface area contributed by atoms with Gasteiger partial charge in [-0.25, -0.2) is 0 Å². The Bertz CT molecular complexity index is 438. The van der Waals surface area contributed by atoms with E-state index in [2.05, 4.69) is 21.2 Å². The SMILES string of the molecule is O=C(COc1cccc(Br)c1)NC1CCCC1CO. The number of hydrogen-bond donors (Lipinski definition) is 2. The fraction of sp³-hybridized carbons (Fsp3) is 0.500. The third-order valence-corrected chi connectivity index (χ3v) is 3.90. The number of ether oxygens (including phenoxy) is 1. The average molecular weight is 328 g/mol. The number of aliphatic hydroxyl groups excluding tert-OH is 1. The van der Waals surface area contributed by atoms with Crippen LogP contribution in [0.2, 0.25) is 0 Å². The Hall–Kier alpha value is -1.07. The summed E-state index contributed by atoms with van der Waals surface area (Å²) in [7, 11) is 0. The summed E-state index contributed by atoms with van der Waals surface area (Å²) in [5.41, 5.74) is 0. The van der Waals surface area contributed by atoms with Crippen LogP contribution in [-0.2, 0) is 4.79 Å². The maximum Gasteiger partial charge on any atom is 0.258 e. The first-order valence-corrected chi connectivity index (χ1v) is 7.27. The van der Waals surface area contributed by atoms with Gasteiger partial charge in [-0.2, -0.15) is 0 Å². The van der Waals surface area contributed by atoms with Gasteiger partial charge >= 0.3 is 0 Å². The Labute approximate surface area is 121 Å². The minimum absolute atomic E-state index is 0.00506. The highest BCUT2D eigenvalue weighted by Crippen LogP contribution is 2.25. The van der Waals surface area contributed by atoms with Gasteiger partial charge in [-0.15, -0.1) is 0 Å². The molecule has 1 aromatic rings. The molecule has 4 nitrogen and oxygen atoms in total. The van der Waals surface area contributed by atoms with Crippen LogP contribution >= 0.6 is 15.9 Å². The molecule has 104 valence electrons. The molecule has 19 heavy (non-hydrogen) atoms. The van der Waals surface area contributed by atoms with Crippen LogP contribution in [0.1, 0.15) is 19.3 Å². The Morgan fingerprint density at radius 1 is 1.47 bits per heavy atom. The zero-order chi connectivity index (χ0) is 13.7. The van der Waals surface area contributed by atoms with Crippen molar-refractivity contribution in [2.75, 3.05) is 13.2 Å². The van der Waals surface area contributed by atoms with E-state index in [1.807, 2.05) is 24.3 Å². The van der Waals surface area contributed by atoms with Crippen LogP contribution in [0.3, 0.4) is 0 Å². The van der Waals surface area contributed by atoms with Gasteiger partial charge in [0, 0.05) is 23.0 Å². The first-order valence-electron chi connectivity index (χ1n) is 6.47. The van der Waals surface area contributed by atoms with Gasteiger partial charge in [0.25, 0.3) is 5.91 Å². The summed E-state index contributed by atoms with van der Waals surface area (Å²) in [5, 5.41) is 12.1. The summed E-state index contributed by atoms with van der Waals surface area (Å²) in [4.78, 5) is 11.8. The molecule has 0 bridgehead atoms. The summed E-state index contributed by atoms with van der Waals surface area (Å²) in [6, 6.07) is 7.47. The van der Waals surface area contributed by atoms with Gasteiger partial charge in [0.15, 0.2) is 6.61 Å². The molecule has 1 aromatic carbocycles. The lowest BCUT2D eigenvalue weighted by molar-refractivity contribution is -0.124. The zero-order valence-corrected chi connectivity index (χ0v) is 12.2. The van der Waals surface area contributed by atoms with E-state index in [1.54, 1.807) is 0 Å². The lowest BCUT2D eigenvalue weighted by Gasteiger charge is -2.19. The maximum absolute atomic E-state index is 11.8. The highest BCUT2D eigenvalue weighted by molar-refractivity contribution is 9.10. The molecule has 0 aromatic heterocycles. The number of aliphatic hydroxyl groups is 1. The molecule has 2 rings (SSSR count). The molecular weight excluding hydrogens is 310 g/mol. The molecule has 0 aliphatic heterocycles. The normalized spacial score (nSPS) is 22.2. The molecule has 2 atom stereocenters. The first kappa shape index (κ1) is 14.3. The van der Waals surface area contributed by atoms with Crippen molar-refractivity contribution in [2.24, 2.45) is 5.92 Å². The summed E-state index contributed by atoms with van der Waals surface area (Å²) >= 11 is 3.35. The molecule has 0 radical (unpaired) electrons. The van der Waals surface area contributed by atoms with Crippen LogP contribution in [0.15, 0.2) is 28.7 Å². The quantitative estimate of drug-likeness (QED) is 0.870. The van der Waals surface area contributed by atoms with Crippen LogP contribution in [0.5, 0.6) is 5.75 Å². The van der Waals surface area contributed by atoms with Crippen LogP contribution in [0, 0.1) is 5.92 Å². The van der Waals surface area contributed by atoms with Gasteiger partial charge in [0.05, 0.1) is 0 Å². The smallest absolute Gasteiger partial charge is 0.258 e. The number of halogens is 1. The van der Waals surface area contributed by atoms with Crippen LogP contribution in [-0.4, -0.2) is 30.3 Å². The fourth-order valence-corrected chi connectivity index (χ4v) is 2.78. The molecule has 1 saturated carbocycles. The summed E-state index contributed by atoms with van der Waals surface area (Å²) in [6.07, 6.45) is 2.98. The van der Waals surface area contributed by atoms with Crippen molar-refractivity contribution in [1.82, 2.24) is 5.32 Å². The topological polar surface area (TPSA) is 58.6 Å². The minimum Gasteiger partial charge on any atom is -0.484 e. The van der Waals surface area contributed by atoms with E-state index in [1.165, 1.54) is 0 Å². The highest BCUT2D eigenvalue weighted by atomic mass is 79.9. The van der Waals surface area contributed by atoms with E-state index in [4.69, 9.17) is 4.74 Å². The van der Waals surface area contributed by atoms with Gasteiger partial charge in [-0.05, 0) is 31.0 Å². The van der Waals surface area contributed by atoms with Crippen molar-refractivity contribution in [2.45, 2.75) is 25.3 Å². The van der Waals surface area contributed by atoms with E-state index in [0.717, 1.165) is 23.7 Å². The van der Waals surface area contributed by atoms with Gasteiger partial charge in [0.1, 0.15) is 5.75 Å². The van der Waals surface area contributed by atoms with Gasteiger partial charge in [0.2, 0.25) is 0 Å². The number of benzene rings is 1. The number of amides is 1. The largest absolute Gasteiger partial charge is 0.484 e. The van der Waals surface area contributed by atoms with Crippen LogP contribution in [0.25, 0.3) is 0 Å².